The molecular weight excluding hydrogens is 605 g/mol. The second kappa shape index (κ2) is 11.8. The predicted octanol–water partition coefficient (Wildman–Crippen LogP) is 12.9. The largest absolute Gasteiger partial charge is 0.309 e. The molecule has 0 fully saturated rings. The van der Waals surface area contributed by atoms with Crippen LogP contribution in [0.1, 0.15) is 36.3 Å². The molecule has 1 atom stereocenters. The van der Waals surface area contributed by atoms with Crippen LogP contribution in [0.4, 0.5) is 0 Å². The molecule has 0 bridgehead atoms. The molecule has 2 nitrogen and oxygen atoms in total. The third-order valence-electron chi connectivity index (χ3n) is 10.7. The molecule has 0 radical (unpaired) electrons. The van der Waals surface area contributed by atoms with Gasteiger partial charge < -0.3 is 9.13 Å². The molecule has 50 heavy (non-hydrogen) atoms. The molecule has 0 saturated heterocycles. The molecule has 2 heterocycles. The van der Waals surface area contributed by atoms with E-state index in [4.69, 9.17) is 0 Å². The Morgan fingerprint density at radius 3 is 1.74 bits per heavy atom. The number of benzene rings is 6. The lowest BCUT2D eigenvalue weighted by atomic mass is 9.92. The summed E-state index contributed by atoms with van der Waals surface area (Å²) in [6, 6.07) is 49.8. The zero-order valence-corrected chi connectivity index (χ0v) is 27.8. The van der Waals surface area contributed by atoms with Crippen molar-refractivity contribution in [2.45, 2.75) is 25.2 Å². The molecule has 8 aromatic rings. The van der Waals surface area contributed by atoms with Crippen molar-refractivity contribution in [3.05, 3.63) is 187 Å². The Balaban J connectivity index is 1.09. The van der Waals surface area contributed by atoms with Crippen molar-refractivity contribution >= 4 is 49.2 Å². The van der Waals surface area contributed by atoms with Gasteiger partial charge in [-0.2, -0.15) is 0 Å². The van der Waals surface area contributed by atoms with Gasteiger partial charge >= 0.3 is 0 Å². The van der Waals surface area contributed by atoms with E-state index in [1.54, 1.807) is 0 Å². The van der Waals surface area contributed by atoms with Gasteiger partial charge in [0.25, 0.3) is 0 Å². The summed E-state index contributed by atoms with van der Waals surface area (Å²) < 4.78 is 4.85. The number of hydrogen-bond acceptors (Lipinski definition) is 0. The number of hydrogen-bond donors (Lipinski definition) is 0. The molecule has 2 aliphatic carbocycles. The summed E-state index contributed by atoms with van der Waals surface area (Å²) in [4.78, 5) is 0. The number of nitrogens with zero attached hydrogens (tertiary/aromatic N) is 2. The van der Waals surface area contributed by atoms with Crippen molar-refractivity contribution in [1.29, 1.82) is 0 Å². The van der Waals surface area contributed by atoms with E-state index in [1.165, 1.54) is 82.8 Å². The summed E-state index contributed by atoms with van der Waals surface area (Å²) in [5.41, 5.74) is 13.8. The minimum absolute atomic E-state index is 0.414. The number of rotatable bonds is 5. The minimum Gasteiger partial charge on any atom is -0.309 e. The second-order valence-corrected chi connectivity index (χ2v) is 13.6. The first-order valence-corrected chi connectivity index (χ1v) is 17.8. The van der Waals surface area contributed by atoms with Gasteiger partial charge in [0.1, 0.15) is 0 Å². The zero-order chi connectivity index (χ0) is 33.0. The van der Waals surface area contributed by atoms with Gasteiger partial charge in [0, 0.05) is 38.8 Å². The monoisotopic (exact) mass is 640 g/mol. The van der Waals surface area contributed by atoms with Crippen LogP contribution in [0.15, 0.2) is 176 Å². The molecule has 2 aliphatic rings. The van der Waals surface area contributed by atoms with Crippen molar-refractivity contribution < 1.29 is 0 Å². The number of aromatic nitrogens is 2. The van der Waals surface area contributed by atoms with E-state index in [2.05, 4.69) is 185 Å². The molecule has 0 N–H and O–H groups in total. The molecule has 0 saturated carbocycles. The lowest BCUT2D eigenvalue weighted by molar-refractivity contribution is 0.852. The first-order valence-electron chi connectivity index (χ1n) is 17.8. The zero-order valence-electron chi connectivity index (χ0n) is 27.8. The maximum Gasteiger partial charge on any atom is 0.0541 e. The molecule has 2 aromatic heterocycles. The highest BCUT2D eigenvalue weighted by molar-refractivity contribution is 6.12. The lowest BCUT2D eigenvalue weighted by Crippen LogP contribution is -1.99. The van der Waals surface area contributed by atoms with Crippen molar-refractivity contribution in [3.8, 4) is 22.5 Å². The smallest absolute Gasteiger partial charge is 0.0541 e. The average Bonchev–Trinajstić information content (AvgIpc) is 3.71. The minimum atomic E-state index is 0.414. The fourth-order valence-electron chi connectivity index (χ4n) is 8.25. The Kier molecular flexibility index (Phi) is 6.80. The predicted molar refractivity (Wildman–Crippen MR) is 213 cm³/mol. The van der Waals surface area contributed by atoms with Crippen LogP contribution in [0.25, 0.3) is 71.7 Å². The van der Waals surface area contributed by atoms with Crippen LogP contribution in [0.5, 0.6) is 0 Å². The molecule has 0 aliphatic heterocycles. The fourth-order valence-corrected chi connectivity index (χ4v) is 8.25. The highest BCUT2D eigenvalue weighted by atomic mass is 15.0. The van der Waals surface area contributed by atoms with Crippen LogP contribution in [0.2, 0.25) is 0 Å². The topological polar surface area (TPSA) is 9.86 Å². The number of fused-ring (bicyclic) bond motifs is 6. The molecule has 6 aromatic carbocycles. The Morgan fingerprint density at radius 2 is 1.10 bits per heavy atom. The second-order valence-electron chi connectivity index (χ2n) is 13.6. The number of para-hydroxylation sites is 2. The van der Waals surface area contributed by atoms with E-state index in [-0.39, 0.29) is 0 Å². The highest BCUT2D eigenvalue weighted by Gasteiger charge is 2.17. The van der Waals surface area contributed by atoms with Crippen LogP contribution in [-0.2, 0) is 0 Å². The Bertz CT molecular complexity index is 2720. The SMILES string of the molecule is C1=CCCC(c2ccc(-n3c4ccccc4c4cc(-c5ccc6c(c5)c5ccccc5n6-c5cccc(C6C=CC=CC6)c5)ccc43)cc2)=C1. The standard InChI is InChI=1S/C48H36N2/c1-3-12-33(13-4-1)35-22-26-39(27-23-35)49-45-20-9-7-18-41(45)43-31-37(24-28-47(43)49)38-25-29-48-44(32-38)42-19-8-10-21-46(42)50(48)40-17-11-16-36(30-40)34-14-5-2-6-15-34/h1-3,5-12,14,16-32,34H,4,13,15H2. The van der Waals surface area contributed by atoms with E-state index < -0.39 is 0 Å². The molecule has 10 rings (SSSR count). The Hall–Kier alpha value is -6.12. The van der Waals surface area contributed by atoms with Gasteiger partial charge in [0.15, 0.2) is 0 Å². The van der Waals surface area contributed by atoms with Gasteiger partial charge in [-0.25, -0.2) is 0 Å². The van der Waals surface area contributed by atoms with Gasteiger partial charge in [-0.1, -0.05) is 115 Å². The van der Waals surface area contributed by atoms with Crippen molar-refractivity contribution in [2.24, 2.45) is 0 Å². The summed E-state index contributed by atoms with van der Waals surface area (Å²) in [6.07, 6.45) is 18.8. The molecule has 1 unspecified atom stereocenters. The molecule has 0 spiro atoms. The summed E-state index contributed by atoms with van der Waals surface area (Å²) in [5, 5.41) is 5.09. The van der Waals surface area contributed by atoms with Gasteiger partial charge in [0.05, 0.1) is 22.1 Å². The molecule has 238 valence electrons. The highest BCUT2D eigenvalue weighted by Crippen LogP contribution is 2.39. The number of allylic oxidation sites excluding steroid dienone is 8. The van der Waals surface area contributed by atoms with Crippen molar-refractivity contribution in [3.63, 3.8) is 0 Å². The maximum absolute atomic E-state index is 2.43. The van der Waals surface area contributed by atoms with Crippen LogP contribution in [0, 0.1) is 0 Å². The van der Waals surface area contributed by atoms with Crippen LogP contribution in [0.3, 0.4) is 0 Å². The molecule has 2 heteroatoms. The van der Waals surface area contributed by atoms with Crippen LogP contribution in [-0.4, -0.2) is 9.13 Å². The first kappa shape index (κ1) is 28.9. The van der Waals surface area contributed by atoms with Crippen molar-refractivity contribution in [1.82, 2.24) is 9.13 Å². The van der Waals surface area contributed by atoms with Gasteiger partial charge in [-0.05, 0) is 108 Å². The molecular formula is C48H36N2. The van der Waals surface area contributed by atoms with Gasteiger partial charge in [-0.3, -0.25) is 0 Å². The van der Waals surface area contributed by atoms with E-state index in [1.807, 2.05) is 0 Å². The normalized spacial score (nSPS) is 15.8. The van der Waals surface area contributed by atoms with E-state index in [0.29, 0.717) is 5.92 Å². The summed E-state index contributed by atoms with van der Waals surface area (Å²) in [5.74, 6) is 0.414. The van der Waals surface area contributed by atoms with E-state index in [9.17, 15) is 0 Å². The summed E-state index contributed by atoms with van der Waals surface area (Å²) in [6.45, 7) is 0. The average molecular weight is 641 g/mol. The maximum atomic E-state index is 2.43. The van der Waals surface area contributed by atoms with E-state index in [0.717, 1.165) is 19.3 Å². The fraction of sp³-hybridized carbons (Fsp3) is 0.0833. The summed E-state index contributed by atoms with van der Waals surface area (Å²) in [7, 11) is 0. The van der Waals surface area contributed by atoms with E-state index >= 15 is 0 Å². The quantitative estimate of drug-likeness (QED) is 0.177. The van der Waals surface area contributed by atoms with Crippen molar-refractivity contribution in [2.75, 3.05) is 0 Å². The van der Waals surface area contributed by atoms with Gasteiger partial charge in [-0.15, -0.1) is 0 Å². The third-order valence-corrected chi connectivity index (χ3v) is 10.7. The first-order chi connectivity index (χ1) is 24.8. The Morgan fingerprint density at radius 1 is 0.460 bits per heavy atom. The van der Waals surface area contributed by atoms with Gasteiger partial charge in [0.2, 0.25) is 0 Å². The summed E-state index contributed by atoms with van der Waals surface area (Å²) >= 11 is 0. The van der Waals surface area contributed by atoms with Crippen LogP contribution < -0.4 is 0 Å². The van der Waals surface area contributed by atoms with Crippen LogP contribution >= 0.6 is 0 Å². The lowest BCUT2D eigenvalue weighted by Gasteiger charge is -2.16. The third kappa shape index (κ3) is 4.71. The molecule has 0 amide bonds. The Labute approximate surface area is 292 Å².